The molecule has 1 amide bonds. The molecule has 0 bridgehead atoms. The molecule has 1 unspecified atom stereocenters. The van der Waals surface area contributed by atoms with Crippen LogP contribution in [0.15, 0.2) is 41.1 Å². The van der Waals surface area contributed by atoms with Gasteiger partial charge in [0.2, 0.25) is 0 Å². The van der Waals surface area contributed by atoms with Gasteiger partial charge in [0, 0.05) is 19.1 Å². The summed E-state index contributed by atoms with van der Waals surface area (Å²) in [6, 6.07) is 10.5. The van der Waals surface area contributed by atoms with Gasteiger partial charge in [0.1, 0.15) is 5.75 Å². The normalized spacial score (nSPS) is 12.3. The van der Waals surface area contributed by atoms with Crippen LogP contribution in [0.1, 0.15) is 31.4 Å². The predicted octanol–water partition coefficient (Wildman–Crippen LogP) is 3.41. The Bertz CT molecular complexity index is 613. The summed E-state index contributed by atoms with van der Waals surface area (Å²) in [5, 5.41) is 4.31. The summed E-state index contributed by atoms with van der Waals surface area (Å²) in [6.45, 7) is 6.15. The lowest BCUT2D eigenvalue weighted by molar-refractivity contribution is -0.119. The average Bonchev–Trinajstić information content (AvgIpc) is 3.05. The minimum atomic E-state index is -0.464. The molecule has 2 rings (SSSR count). The second-order valence-corrected chi connectivity index (χ2v) is 6.48. The number of rotatable bonds is 9. The quantitative estimate of drug-likeness (QED) is 0.765. The highest BCUT2D eigenvalue weighted by Gasteiger charge is 2.14. The molecule has 0 radical (unpaired) electrons. The first-order valence-electron chi connectivity index (χ1n) is 7.83. The Labute approximate surface area is 141 Å². The van der Waals surface area contributed by atoms with Crippen molar-refractivity contribution in [2.24, 2.45) is 5.73 Å². The molecule has 0 fully saturated rings. The number of nitrogens with zero attached hydrogens (tertiary/aromatic N) is 1. The lowest BCUT2D eigenvalue weighted by Crippen LogP contribution is -2.31. The van der Waals surface area contributed by atoms with Gasteiger partial charge in [0.05, 0.1) is 0 Å². The van der Waals surface area contributed by atoms with Gasteiger partial charge in [-0.1, -0.05) is 19.1 Å². The van der Waals surface area contributed by atoms with Crippen LogP contribution in [0.3, 0.4) is 0 Å². The second kappa shape index (κ2) is 8.70. The maximum atomic E-state index is 10.8. The molecule has 0 aliphatic heterocycles. The molecule has 2 aromatic rings. The zero-order valence-corrected chi connectivity index (χ0v) is 14.5. The molecular formula is C18H24N2O2S. The van der Waals surface area contributed by atoms with Gasteiger partial charge in [-0.2, -0.15) is 11.3 Å². The number of thiophene rings is 1. The minimum absolute atomic E-state index is 0.0898. The number of amides is 1. The van der Waals surface area contributed by atoms with E-state index >= 15 is 0 Å². The molecule has 0 spiro atoms. The maximum absolute atomic E-state index is 10.8. The molecule has 4 nitrogen and oxygen atoms in total. The minimum Gasteiger partial charge on any atom is -0.484 e. The van der Waals surface area contributed by atoms with Crippen LogP contribution in [-0.4, -0.2) is 23.5 Å². The Kier molecular flexibility index (Phi) is 6.62. The first-order valence-corrected chi connectivity index (χ1v) is 8.78. The zero-order chi connectivity index (χ0) is 16.7. The van der Waals surface area contributed by atoms with Gasteiger partial charge in [-0.15, -0.1) is 0 Å². The van der Waals surface area contributed by atoms with E-state index in [9.17, 15) is 4.79 Å². The van der Waals surface area contributed by atoms with Crippen molar-refractivity contribution in [3.8, 4) is 5.75 Å². The summed E-state index contributed by atoms with van der Waals surface area (Å²) in [7, 11) is 0. The first-order chi connectivity index (χ1) is 11.1. The van der Waals surface area contributed by atoms with Crippen LogP contribution in [-0.2, 0) is 17.9 Å². The van der Waals surface area contributed by atoms with E-state index in [0.717, 1.165) is 19.5 Å². The van der Waals surface area contributed by atoms with Gasteiger partial charge in [-0.05, 0) is 53.4 Å². The van der Waals surface area contributed by atoms with Crippen LogP contribution in [0.4, 0.5) is 0 Å². The standard InChI is InChI=1S/C18H24N2O2S/c1-3-14(2)20(11-16-7-8-23-13-16)10-15-5-4-6-17(9-15)22-12-18(19)21/h4-9,13-14H,3,10-12H2,1-2H3,(H2,19,21). The number of hydrogen-bond acceptors (Lipinski definition) is 4. The molecule has 0 saturated heterocycles. The SMILES string of the molecule is CCC(C)N(Cc1ccsc1)Cc1cccc(OCC(N)=O)c1. The molecule has 1 atom stereocenters. The van der Waals surface area contributed by atoms with Crippen LogP contribution < -0.4 is 10.5 Å². The van der Waals surface area contributed by atoms with Crippen molar-refractivity contribution >= 4 is 17.2 Å². The molecule has 23 heavy (non-hydrogen) atoms. The van der Waals surface area contributed by atoms with Gasteiger partial charge < -0.3 is 10.5 Å². The Morgan fingerprint density at radius 2 is 2.09 bits per heavy atom. The first kappa shape index (κ1) is 17.5. The highest BCUT2D eigenvalue weighted by Crippen LogP contribution is 2.19. The monoisotopic (exact) mass is 332 g/mol. The molecule has 2 N–H and O–H groups in total. The van der Waals surface area contributed by atoms with E-state index in [1.54, 1.807) is 11.3 Å². The third-order valence-electron chi connectivity index (χ3n) is 3.85. The molecular weight excluding hydrogens is 308 g/mol. The number of carbonyl (C=O) groups is 1. The van der Waals surface area contributed by atoms with E-state index in [4.69, 9.17) is 10.5 Å². The van der Waals surface area contributed by atoms with Crippen LogP contribution in [0.25, 0.3) is 0 Å². The fourth-order valence-corrected chi connectivity index (χ4v) is 3.03. The topological polar surface area (TPSA) is 55.6 Å². The van der Waals surface area contributed by atoms with E-state index in [-0.39, 0.29) is 6.61 Å². The maximum Gasteiger partial charge on any atom is 0.255 e. The van der Waals surface area contributed by atoms with Crippen LogP contribution in [0.2, 0.25) is 0 Å². The number of carbonyl (C=O) groups excluding carboxylic acids is 1. The number of hydrogen-bond donors (Lipinski definition) is 1. The summed E-state index contributed by atoms with van der Waals surface area (Å²) in [4.78, 5) is 13.3. The van der Waals surface area contributed by atoms with Crippen molar-refractivity contribution in [1.29, 1.82) is 0 Å². The van der Waals surface area contributed by atoms with Crippen molar-refractivity contribution in [3.63, 3.8) is 0 Å². The zero-order valence-electron chi connectivity index (χ0n) is 13.7. The Morgan fingerprint density at radius 1 is 1.30 bits per heavy atom. The van der Waals surface area contributed by atoms with Crippen LogP contribution in [0.5, 0.6) is 5.75 Å². The van der Waals surface area contributed by atoms with Crippen molar-refractivity contribution in [1.82, 2.24) is 4.90 Å². The van der Waals surface area contributed by atoms with Crippen molar-refractivity contribution in [2.45, 2.75) is 39.4 Å². The van der Waals surface area contributed by atoms with Crippen LogP contribution >= 0.6 is 11.3 Å². The van der Waals surface area contributed by atoms with Gasteiger partial charge in [-0.25, -0.2) is 0 Å². The van der Waals surface area contributed by atoms with Gasteiger partial charge in [0.15, 0.2) is 6.61 Å². The third-order valence-corrected chi connectivity index (χ3v) is 4.58. The summed E-state index contributed by atoms with van der Waals surface area (Å²) in [5.74, 6) is 0.218. The smallest absolute Gasteiger partial charge is 0.255 e. The number of ether oxygens (including phenoxy) is 1. The fourth-order valence-electron chi connectivity index (χ4n) is 2.37. The predicted molar refractivity (Wildman–Crippen MR) is 94.5 cm³/mol. The highest BCUT2D eigenvalue weighted by molar-refractivity contribution is 7.07. The highest BCUT2D eigenvalue weighted by atomic mass is 32.1. The molecule has 5 heteroatoms. The van der Waals surface area contributed by atoms with Gasteiger partial charge in [-0.3, -0.25) is 9.69 Å². The molecule has 1 aromatic heterocycles. The van der Waals surface area contributed by atoms with E-state index in [1.807, 2.05) is 18.2 Å². The Balaban J connectivity index is 2.06. The molecule has 0 aliphatic rings. The van der Waals surface area contributed by atoms with Gasteiger partial charge in [0.25, 0.3) is 5.91 Å². The number of benzene rings is 1. The molecule has 1 aromatic carbocycles. The largest absolute Gasteiger partial charge is 0.484 e. The van der Waals surface area contributed by atoms with E-state index in [0.29, 0.717) is 11.8 Å². The molecule has 0 aliphatic carbocycles. The van der Waals surface area contributed by atoms with Crippen molar-refractivity contribution in [3.05, 3.63) is 52.2 Å². The Hall–Kier alpha value is -1.85. The summed E-state index contributed by atoms with van der Waals surface area (Å²) in [5.41, 5.74) is 7.63. The fraction of sp³-hybridized carbons (Fsp3) is 0.389. The Morgan fingerprint density at radius 3 is 2.74 bits per heavy atom. The van der Waals surface area contributed by atoms with Crippen LogP contribution in [0, 0.1) is 0 Å². The lowest BCUT2D eigenvalue weighted by atomic mass is 10.1. The second-order valence-electron chi connectivity index (χ2n) is 5.70. The molecule has 0 saturated carbocycles. The van der Waals surface area contributed by atoms with Crippen molar-refractivity contribution < 1.29 is 9.53 Å². The average molecular weight is 332 g/mol. The molecule has 1 heterocycles. The van der Waals surface area contributed by atoms with E-state index < -0.39 is 5.91 Å². The van der Waals surface area contributed by atoms with Crippen molar-refractivity contribution in [2.75, 3.05) is 6.61 Å². The number of primary amides is 1. The van der Waals surface area contributed by atoms with E-state index in [2.05, 4.69) is 41.6 Å². The summed E-state index contributed by atoms with van der Waals surface area (Å²) < 4.78 is 5.39. The van der Waals surface area contributed by atoms with Gasteiger partial charge >= 0.3 is 0 Å². The van der Waals surface area contributed by atoms with E-state index in [1.165, 1.54) is 11.1 Å². The summed E-state index contributed by atoms with van der Waals surface area (Å²) in [6.07, 6.45) is 1.10. The summed E-state index contributed by atoms with van der Waals surface area (Å²) >= 11 is 1.73. The molecule has 124 valence electrons. The number of nitrogens with two attached hydrogens (primary N) is 1. The third kappa shape index (κ3) is 5.69. The lowest BCUT2D eigenvalue weighted by Gasteiger charge is -2.28.